The number of hydrogen-bond donors (Lipinski definition) is 0. The summed E-state index contributed by atoms with van der Waals surface area (Å²) in [5.74, 6) is 0. The van der Waals surface area contributed by atoms with E-state index in [4.69, 9.17) is 0 Å². The van der Waals surface area contributed by atoms with Crippen molar-refractivity contribution in [3.8, 4) is 11.3 Å². The van der Waals surface area contributed by atoms with Crippen molar-refractivity contribution < 1.29 is 0 Å². The summed E-state index contributed by atoms with van der Waals surface area (Å²) in [6.07, 6.45) is 1.85. The summed E-state index contributed by atoms with van der Waals surface area (Å²) in [6.45, 7) is 0. The minimum absolute atomic E-state index is 0.849. The van der Waals surface area contributed by atoms with Crippen molar-refractivity contribution in [1.82, 2.24) is 15.2 Å². The first kappa shape index (κ1) is 11.1. The molecular weight excluding hydrogens is 246 g/mol. The first-order valence-corrected chi connectivity index (χ1v) is 6.48. The number of rotatable bonds is 1. The maximum Gasteiger partial charge on any atom is 0.0951 e. The van der Waals surface area contributed by atoms with Crippen molar-refractivity contribution in [3.63, 3.8) is 0 Å². The van der Waals surface area contributed by atoms with Gasteiger partial charge in [-0.3, -0.25) is 4.98 Å². The zero-order valence-electron chi connectivity index (χ0n) is 10.7. The number of pyridine rings is 1. The number of nitrogens with zero attached hydrogens (tertiary/aromatic N) is 3. The molecule has 2 aromatic heterocycles. The Morgan fingerprint density at radius 2 is 1.35 bits per heavy atom. The summed E-state index contributed by atoms with van der Waals surface area (Å²) in [6, 6.07) is 20.2. The molecule has 0 N–H and O–H groups in total. The number of hydrogen-bond acceptors (Lipinski definition) is 3. The molecule has 0 saturated carbocycles. The number of para-hydroxylation sites is 1. The van der Waals surface area contributed by atoms with E-state index in [9.17, 15) is 0 Å². The van der Waals surface area contributed by atoms with Gasteiger partial charge in [0.15, 0.2) is 0 Å². The summed E-state index contributed by atoms with van der Waals surface area (Å²) in [5, 5.41) is 10.8. The van der Waals surface area contributed by atoms with E-state index in [0.717, 1.165) is 33.1 Å². The van der Waals surface area contributed by atoms with Crippen LogP contribution in [0, 0.1) is 0 Å². The van der Waals surface area contributed by atoms with Gasteiger partial charge < -0.3 is 0 Å². The molecule has 0 bridgehead atoms. The van der Waals surface area contributed by atoms with Crippen LogP contribution in [0.3, 0.4) is 0 Å². The maximum absolute atomic E-state index is 4.47. The van der Waals surface area contributed by atoms with Crippen LogP contribution >= 0.6 is 0 Å². The fraction of sp³-hybridized carbons (Fsp3) is 0. The van der Waals surface area contributed by atoms with Crippen LogP contribution in [-0.2, 0) is 0 Å². The molecule has 2 aromatic carbocycles. The number of benzene rings is 2. The van der Waals surface area contributed by atoms with Crippen LogP contribution in [0.2, 0.25) is 0 Å². The summed E-state index contributed by atoms with van der Waals surface area (Å²) >= 11 is 0. The van der Waals surface area contributed by atoms with E-state index < -0.39 is 0 Å². The van der Waals surface area contributed by atoms with E-state index in [-0.39, 0.29) is 0 Å². The molecule has 0 aliphatic heterocycles. The zero-order chi connectivity index (χ0) is 13.4. The lowest BCUT2D eigenvalue weighted by Gasteiger charge is -2.03. The molecule has 2 heterocycles. The smallest absolute Gasteiger partial charge is 0.0951 e. The summed E-state index contributed by atoms with van der Waals surface area (Å²) < 4.78 is 0. The Hall–Kier alpha value is -2.81. The lowest BCUT2D eigenvalue weighted by molar-refractivity contribution is 1.08. The molecular formula is C17H11N3. The van der Waals surface area contributed by atoms with Gasteiger partial charge in [-0.2, -0.15) is 0 Å². The molecule has 0 amide bonds. The quantitative estimate of drug-likeness (QED) is 0.520. The topological polar surface area (TPSA) is 38.7 Å². The highest BCUT2D eigenvalue weighted by molar-refractivity contribution is 5.85. The Labute approximate surface area is 115 Å². The van der Waals surface area contributed by atoms with Crippen molar-refractivity contribution in [3.05, 3.63) is 66.9 Å². The van der Waals surface area contributed by atoms with Crippen LogP contribution in [0.1, 0.15) is 0 Å². The van der Waals surface area contributed by atoms with Gasteiger partial charge in [0.2, 0.25) is 0 Å². The third-order valence-electron chi connectivity index (χ3n) is 3.38. The molecule has 0 aliphatic carbocycles. The van der Waals surface area contributed by atoms with Gasteiger partial charge in [-0.05, 0) is 24.3 Å². The van der Waals surface area contributed by atoms with Crippen molar-refractivity contribution >= 4 is 21.8 Å². The average molecular weight is 257 g/mol. The highest BCUT2D eigenvalue weighted by Crippen LogP contribution is 2.22. The number of aromatic nitrogens is 3. The monoisotopic (exact) mass is 257 g/mol. The van der Waals surface area contributed by atoms with E-state index >= 15 is 0 Å². The maximum atomic E-state index is 4.47. The highest BCUT2D eigenvalue weighted by atomic mass is 15.1. The SMILES string of the molecule is c1ccc2ncc(-c3cc4ccccc4nn3)cc2c1. The molecule has 4 rings (SSSR count). The lowest BCUT2D eigenvalue weighted by atomic mass is 10.1. The fourth-order valence-corrected chi connectivity index (χ4v) is 2.34. The van der Waals surface area contributed by atoms with Crippen LogP contribution < -0.4 is 0 Å². The molecule has 3 heteroatoms. The molecule has 0 saturated heterocycles. The molecule has 4 aromatic rings. The minimum atomic E-state index is 0.849. The molecule has 0 radical (unpaired) electrons. The van der Waals surface area contributed by atoms with E-state index in [1.165, 1.54) is 0 Å². The predicted molar refractivity (Wildman–Crippen MR) is 80.3 cm³/mol. The third-order valence-corrected chi connectivity index (χ3v) is 3.38. The Morgan fingerprint density at radius 3 is 2.20 bits per heavy atom. The van der Waals surface area contributed by atoms with Gasteiger partial charge in [0, 0.05) is 22.5 Å². The number of fused-ring (bicyclic) bond motifs is 2. The summed E-state index contributed by atoms with van der Waals surface area (Å²) in [5.41, 5.74) is 3.74. The Morgan fingerprint density at radius 1 is 0.650 bits per heavy atom. The highest BCUT2D eigenvalue weighted by Gasteiger charge is 2.04. The van der Waals surface area contributed by atoms with Crippen LogP contribution in [-0.4, -0.2) is 15.2 Å². The second-order valence-electron chi connectivity index (χ2n) is 4.71. The van der Waals surface area contributed by atoms with E-state index in [1.54, 1.807) is 0 Å². The summed E-state index contributed by atoms with van der Waals surface area (Å²) in [4.78, 5) is 4.47. The molecule has 0 fully saturated rings. The standard InChI is InChI=1S/C17H11N3/c1-3-7-15-12(5-1)9-14(11-18-15)17-10-13-6-2-4-8-16(13)19-20-17/h1-11H. The van der Waals surface area contributed by atoms with E-state index in [2.05, 4.69) is 27.3 Å². The van der Waals surface area contributed by atoms with Crippen molar-refractivity contribution in [1.29, 1.82) is 0 Å². The van der Waals surface area contributed by atoms with Gasteiger partial charge in [-0.15, -0.1) is 10.2 Å². The third kappa shape index (κ3) is 1.80. The van der Waals surface area contributed by atoms with Crippen LogP contribution in [0.4, 0.5) is 0 Å². The van der Waals surface area contributed by atoms with Crippen molar-refractivity contribution in [2.45, 2.75) is 0 Å². The molecule has 94 valence electrons. The molecule has 0 aliphatic rings. The summed E-state index contributed by atoms with van der Waals surface area (Å²) in [7, 11) is 0. The predicted octanol–water partition coefficient (Wildman–Crippen LogP) is 3.85. The van der Waals surface area contributed by atoms with Crippen LogP contribution in [0.15, 0.2) is 66.9 Å². The van der Waals surface area contributed by atoms with Gasteiger partial charge in [0.25, 0.3) is 0 Å². The van der Waals surface area contributed by atoms with Gasteiger partial charge in [0.1, 0.15) is 0 Å². The Bertz CT molecular complexity index is 838. The largest absolute Gasteiger partial charge is 0.256 e. The lowest BCUT2D eigenvalue weighted by Crippen LogP contribution is -1.90. The Kier molecular flexibility index (Phi) is 2.42. The normalized spacial score (nSPS) is 11.0. The van der Waals surface area contributed by atoms with Crippen molar-refractivity contribution in [2.24, 2.45) is 0 Å². The second-order valence-corrected chi connectivity index (χ2v) is 4.71. The molecule has 3 nitrogen and oxygen atoms in total. The van der Waals surface area contributed by atoms with Crippen LogP contribution in [0.5, 0.6) is 0 Å². The van der Waals surface area contributed by atoms with Crippen molar-refractivity contribution in [2.75, 3.05) is 0 Å². The van der Waals surface area contributed by atoms with Gasteiger partial charge in [-0.25, -0.2) is 0 Å². The average Bonchev–Trinajstić information content (AvgIpc) is 2.54. The van der Waals surface area contributed by atoms with Crippen LogP contribution in [0.25, 0.3) is 33.1 Å². The zero-order valence-corrected chi connectivity index (χ0v) is 10.7. The molecule has 0 atom stereocenters. The molecule has 20 heavy (non-hydrogen) atoms. The van der Waals surface area contributed by atoms with Gasteiger partial charge in [-0.1, -0.05) is 36.4 Å². The van der Waals surface area contributed by atoms with E-state index in [0.29, 0.717) is 0 Å². The molecule has 0 unspecified atom stereocenters. The van der Waals surface area contributed by atoms with Gasteiger partial charge in [0.05, 0.1) is 16.7 Å². The van der Waals surface area contributed by atoms with Gasteiger partial charge >= 0.3 is 0 Å². The molecule has 0 spiro atoms. The first-order chi connectivity index (χ1) is 9.90. The fourth-order valence-electron chi connectivity index (χ4n) is 2.34. The minimum Gasteiger partial charge on any atom is -0.256 e. The first-order valence-electron chi connectivity index (χ1n) is 6.48. The second kappa shape index (κ2) is 4.38. The van der Waals surface area contributed by atoms with E-state index in [1.807, 2.05) is 54.7 Å². The Balaban J connectivity index is 1.91.